The van der Waals surface area contributed by atoms with Gasteiger partial charge in [-0.25, -0.2) is 0 Å². The zero-order chi connectivity index (χ0) is 16.5. The topological polar surface area (TPSA) is 49.4 Å². The van der Waals surface area contributed by atoms with E-state index < -0.39 is 24.0 Å². The van der Waals surface area contributed by atoms with Gasteiger partial charge in [-0.05, 0) is 37.5 Å². The number of carbonyl (C=O) groups excluding carboxylic acids is 2. The van der Waals surface area contributed by atoms with Crippen LogP contribution in [-0.2, 0) is 9.59 Å². The lowest BCUT2D eigenvalue weighted by Gasteiger charge is -2.25. The molecular formula is C14H14ClF3N2O2. The number of amides is 2. The van der Waals surface area contributed by atoms with E-state index in [0.29, 0.717) is 27.6 Å². The van der Waals surface area contributed by atoms with Crippen molar-refractivity contribution in [3.63, 3.8) is 0 Å². The van der Waals surface area contributed by atoms with Crippen LogP contribution in [0.15, 0.2) is 18.2 Å². The molecule has 2 rings (SSSR count). The molecule has 120 valence electrons. The van der Waals surface area contributed by atoms with E-state index in [1.165, 1.54) is 0 Å². The van der Waals surface area contributed by atoms with E-state index in [9.17, 15) is 22.8 Å². The Kier molecular flexibility index (Phi) is 4.65. The Morgan fingerprint density at radius 2 is 2.05 bits per heavy atom. The largest absolute Gasteiger partial charge is 0.471 e. The van der Waals surface area contributed by atoms with Gasteiger partial charge in [0.15, 0.2) is 0 Å². The lowest BCUT2D eigenvalue weighted by Crippen LogP contribution is -2.48. The zero-order valence-electron chi connectivity index (χ0n) is 11.7. The van der Waals surface area contributed by atoms with Crippen LogP contribution < -0.4 is 5.32 Å². The average molecular weight is 335 g/mol. The second-order valence-corrected chi connectivity index (χ2v) is 5.46. The average Bonchev–Trinajstić information content (AvgIpc) is 2.91. The van der Waals surface area contributed by atoms with Gasteiger partial charge >= 0.3 is 12.1 Å². The summed E-state index contributed by atoms with van der Waals surface area (Å²) < 4.78 is 37.6. The van der Waals surface area contributed by atoms with Gasteiger partial charge in [0.2, 0.25) is 5.91 Å². The molecule has 8 heteroatoms. The first kappa shape index (κ1) is 16.6. The van der Waals surface area contributed by atoms with Crippen LogP contribution in [0.25, 0.3) is 0 Å². The molecule has 2 amide bonds. The highest BCUT2D eigenvalue weighted by Gasteiger charge is 2.47. The number of carbonyl (C=O) groups is 2. The van der Waals surface area contributed by atoms with Gasteiger partial charge < -0.3 is 10.2 Å². The molecule has 4 nitrogen and oxygen atoms in total. The van der Waals surface area contributed by atoms with E-state index in [1.54, 1.807) is 25.1 Å². The Morgan fingerprint density at radius 3 is 2.68 bits per heavy atom. The molecule has 1 aromatic rings. The second kappa shape index (κ2) is 6.16. The van der Waals surface area contributed by atoms with Crippen molar-refractivity contribution >= 4 is 29.1 Å². The monoisotopic (exact) mass is 334 g/mol. The van der Waals surface area contributed by atoms with Crippen LogP contribution in [-0.4, -0.2) is 35.5 Å². The van der Waals surface area contributed by atoms with Crippen molar-refractivity contribution < 1.29 is 22.8 Å². The maximum atomic E-state index is 12.5. The molecule has 1 heterocycles. The number of alkyl halides is 3. The molecular weight excluding hydrogens is 321 g/mol. The molecule has 0 radical (unpaired) electrons. The SMILES string of the molecule is Cc1c(Cl)cccc1NC(=O)C1CCCN1C(=O)C(F)(F)F. The molecule has 1 saturated heterocycles. The first-order valence-corrected chi connectivity index (χ1v) is 7.03. The predicted octanol–water partition coefficient (Wildman–Crippen LogP) is 3.14. The summed E-state index contributed by atoms with van der Waals surface area (Å²) in [6.07, 6.45) is -4.42. The summed E-state index contributed by atoms with van der Waals surface area (Å²) >= 11 is 5.93. The molecule has 0 spiro atoms. The van der Waals surface area contributed by atoms with Crippen LogP contribution in [0.4, 0.5) is 18.9 Å². The van der Waals surface area contributed by atoms with Crippen LogP contribution in [0, 0.1) is 6.92 Å². The number of halogens is 4. The molecule has 1 N–H and O–H groups in total. The maximum absolute atomic E-state index is 12.5. The van der Waals surface area contributed by atoms with E-state index in [0.717, 1.165) is 0 Å². The maximum Gasteiger partial charge on any atom is 0.471 e. The Labute approximate surface area is 130 Å². The molecule has 0 aliphatic carbocycles. The number of nitrogens with one attached hydrogen (secondary N) is 1. The van der Waals surface area contributed by atoms with Crippen molar-refractivity contribution in [1.82, 2.24) is 4.90 Å². The zero-order valence-corrected chi connectivity index (χ0v) is 12.5. The summed E-state index contributed by atoms with van der Waals surface area (Å²) in [6.45, 7) is 1.61. The van der Waals surface area contributed by atoms with E-state index >= 15 is 0 Å². The van der Waals surface area contributed by atoms with Crippen LogP contribution in [0.2, 0.25) is 5.02 Å². The van der Waals surface area contributed by atoms with Gasteiger partial charge in [0, 0.05) is 17.3 Å². The van der Waals surface area contributed by atoms with Gasteiger partial charge in [0.05, 0.1) is 0 Å². The van der Waals surface area contributed by atoms with Crippen molar-refractivity contribution in [3.05, 3.63) is 28.8 Å². The Balaban J connectivity index is 2.15. The fourth-order valence-electron chi connectivity index (χ4n) is 2.40. The molecule has 1 unspecified atom stereocenters. The van der Waals surface area contributed by atoms with Crippen LogP contribution in [0.5, 0.6) is 0 Å². The fraction of sp³-hybridized carbons (Fsp3) is 0.429. The summed E-state index contributed by atoms with van der Waals surface area (Å²) in [6, 6.07) is 3.75. The van der Waals surface area contributed by atoms with E-state index in [2.05, 4.69) is 5.32 Å². The molecule has 1 fully saturated rings. The van der Waals surface area contributed by atoms with E-state index in [1.807, 2.05) is 0 Å². The third-order valence-corrected chi connectivity index (χ3v) is 3.99. The van der Waals surface area contributed by atoms with Gasteiger partial charge in [-0.1, -0.05) is 17.7 Å². The van der Waals surface area contributed by atoms with E-state index in [4.69, 9.17) is 11.6 Å². The van der Waals surface area contributed by atoms with Crippen LogP contribution >= 0.6 is 11.6 Å². The fourth-order valence-corrected chi connectivity index (χ4v) is 2.58. The second-order valence-electron chi connectivity index (χ2n) is 5.06. The number of hydrogen-bond acceptors (Lipinski definition) is 2. The molecule has 22 heavy (non-hydrogen) atoms. The number of rotatable bonds is 2. The van der Waals surface area contributed by atoms with Gasteiger partial charge in [-0.2, -0.15) is 13.2 Å². The summed E-state index contributed by atoms with van der Waals surface area (Å²) in [4.78, 5) is 24.1. The third kappa shape index (κ3) is 3.35. The molecule has 1 aliphatic rings. The first-order valence-electron chi connectivity index (χ1n) is 6.65. The Morgan fingerprint density at radius 1 is 1.36 bits per heavy atom. The molecule has 0 bridgehead atoms. The lowest BCUT2D eigenvalue weighted by atomic mass is 10.1. The summed E-state index contributed by atoms with van der Waals surface area (Å²) in [5, 5.41) is 2.98. The molecule has 0 saturated carbocycles. The Hall–Kier alpha value is -1.76. The van der Waals surface area contributed by atoms with Crippen molar-refractivity contribution in [1.29, 1.82) is 0 Å². The molecule has 1 atom stereocenters. The summed E-state index contributed by atoms with van der Waals surface area (Å²) in [5.41, 5.74) is 1.04. The van der Waals surface area contributed by atoms with E-state index in [-0.39, 0.29) is 13.0 Å². The number of nitrogens with zero attached hydrogens (tertiary/aromatic N) is 1. The standard InChI is InChI=1S/C14H14ClF3N2O2/c1-8-9(15)4-2-5-10(8)19-12(21)11-6-3-7-20(11)13(22)14(16,17)18/h2,4-5,11H,3,6-7H2,1H3,(H,19,21). The number of likely N-dealkylation sites (tertiary alicyclic amines) is 1. The minimum absolute atomic E-state index is 0.0784. The molecule has 0 aromatic heterocycles. The normalized spacial score (nSPS) is 18.4. The minimum atomic E-state index is -4.98. The smallest absolute Gasteiger partial charge is 0.324 e. The summed E-state index contributed by atoms with van der Waals surface area (Å²) in [5.74, 6) is -2.62. The highest BCUT2D eigenvalue weighted by atomic mass is 35.5. The minimum Gasteiger partial charge on any atom is -0.324 e. The predicted molar refractivity (Wildman–Crippen MR) is 75.6 cm³/mol. The van der Waals surface area contributed by atoms with Gasteiger partial charge in [0.25, 0.3) is 0 Å². The highest BCUT2D eigenvalue weighted by Crippen LogP contribution is 2.28. The highest BCUT2D eigenvalue weighted by molar-refractivity contribution is 6.31. The lowest BCUT2D eigenvalue weighted by molar-refractivity contribution is -0.186. The first-order chi connectivity index (χ1) is 10.2. The third-order valence-electron chi connectivity index (χ3n) is 3.58. The quantitative estimate of drug-likeness (QED) is 0.903. The van der Waals surface area contributed by atoms with Crippen molar-refractivity contribution in [2.45, 2.75) is 32.0 Å². The van der Waals surface area contributed by atoms with Crippen LogP contribution in [0.3, 0.4) is 0 Å². The van der Waals surface area contributed by atoms with Crippen molar-refractivity contribution in [2.24, 2.45) is 0 Å². The number of anilines is 1. The van der Waals surface area contributed by atoms with Crippen LogP contribution in [0.1, 0.15) is 18.4 Å². The van der Waals surface area contributed by atoms with Gasteiger partial charge in [-0.15, -0.1) is 0 Å². The van der Waals surface area contributed by atoms with Crippen molar-refractivity contribution in [2.75, 3.05) is 11.9 Å². The molecule has 1 aromatic carbocycles. The number of benzene rings is 1. The number of hydrogen-bond donors (Lipinski definition) is 1. The Bertz CT molecular complexity index is 604. The van der Waals surface area contributed by atoms with Gasteiger partial charge in [0.1, 0.15) is 6.04 Å². The van der Waals surface area contributed by atoms with Crippen molar-refractivity contribution in [3.8, 4) is 0 Å². The summed E-state index contributed by atoms with van der Waals surface area (Å²) in [7, 11) is 0. The molecule has 1 aliphatic heterocycles. The van der Waals surface area contributed by atoms with Gasteiger partial charge in [-0.3, -0.25) is 9.59 Å².